The first-order valence-corrected chi connectivity index (χ1v) is 8.24. The molecular weight excluding hydrogens is 351 g/mol. The van der Waals surface area contributed by atoms with Gasteiger partial charge >= 0.3 is 5.97 Å². The number of nitrogens with one attached hydrogen (secondary N) is 1. The fourth-order valence-electron chi connectivity index (χ4n) is 3.46. The van der Waals surface area contributed by atoms with Crippen LogP contribution in [0.25, 0.3) is 0 Å². The summed E-state index contributed by atoms with van der Waals surface area (Å²) in [7, 11) is 1.71. The number of anilines is 1. The maximum atomic E-state index is 13.4. The first-order valence-electron chi connectivity index (χ1n) is 8.24. The monoisotopic (exact) mass is 366 g/mol. The van der Waals surface area contributed by atoms with E-state index in [1.54, 1.807) is 35.9 Å². The van der Waals surface area contributed by atoms with Gasteiger partial charge in [-0.25, -0.2) is 9.18 Å². The number of carboxylic acids is 1. The van der Waals surface area contributed by atoms with Gasteiger partial charge in [0.15, 0.2) is 5.78 Å². The number of carbonyl (C=O) groups is 2. The van der Waals surface area contributed by atoms with Crippen molar-refractivity contribution in [3.8, 4) is 0 Å². The molecule has 0 amide bonds. The molecule has 2 N–H and O–H groups in total. The standard InChI is InChI=1S/C19H15FN4O3/c1-24-9-21-23-18(24)15-16(10-5-7-11(20)8-6-10)22-13-4-2-3-12(19(26)27)14(13)17(15)25/h2-9,15-16,22H,1H3,(H,26,27). The minimum absolute atomic E-state index is 0.0743. The summed E-state index contributed by atoms with van der Waals surface area (Å²) >= 11 is 0. The second-order valence-corrected chi connectivity index (χ2v) is 6.35. The summed E-state index contributed by atoms with van der Waals surface area (Å²) in [4.78, 5) is 25.0. The summed E-state index contributed by atoms with van der Waals surface area (Å²) in [6.07, 6.45) is 1.48. The Hall–Kier alpha value is -3.55. The molecule has 1 aliphatic rings. The molecular formula is C19H15FN4O3. The maximum Gasteiger partial charge on any atom is 0.336 e. The molecule has 8 heteroatoms. The Morgan fingerprint density at radius 1 is 1.22 bits per heavy atom. The molecule has 27 heavy (non-hydrogen) atoms. The first-order chi connectivity index (χ1) is 13.0. The van der Waals surface area contributed by atoms with E-state index in [9.17, 15) is 19.1 Å². The lowest BCUT2D eigenvalue weighted by Crippen LogP contribution is -2.34. The summed E-state index contributed by atoms with van der Waals surface area (Å²) in [6.45, 7) is 0. The third kappa shape index (κ3) is 2.75. The van der Waals surface area contributed by atoms with Crippen molar-refractivity contribution in [1.82, 2.24) is 14.8 Å². The van der Waals surface area contributed by atoms with Gasteiger partial charge in [-0.05, 0) is 29.8 Å². The van der Waals surface area contributed by atoms with Crippen LogP contribution in [0.3, 0.4) is 0 Å². The normalized spacial score (nSPS) is 18.7. The van der Waals surface area contributed by atoms with E-state index in [2.05, 4.69) is 15.5 Å². The number of hydrogen-bond donors (Lipinski definition) is 2. The average molecular weight is 366 g/mol. The zero-order valence-corrected chi connectivity index (χ0v) is 14.3. The molecule has 2 unspecified atom stereocenters. The molecule has 2 heterocycles. The van der Waals surface area contributed by atoms with E-state index < -0.39 is 17.9 Å². The van der Waals surface area contributed by atoms with Crippen LogP contribution in [0.1, 0.15) is 44.1 Å². The van der Waals surface area contributed by atoms with Gasteiger partial charge in [0.25, 0.3) is 0 Å². The SMILES string of the molecule is Cn1cnnc1C1C(=O)c2c(cccc2C(=O)O)NC1c1ccc(F)cc1. The van der Waals surface area contributed by atoms with Crippen LogP contribution in [-0.4, -0.2) is 31.6 Å². The van der Waals surface area contributed by atoms with E-state index in [0.717, 1.165) is 0 Å². The second kappa shape index (κ2) is 6.31. The van der Waals surface area contributed by atoms with Crippen LogP contribution in [-0.2, 0) is 7.05 Å². The predicted octanol–water partition coefficient (Wildman–Crippen LogP) is 2.79. The van der Waals surface area contributed by atoms with Crippen molar-refractivity contribution < 1.29 is 19.1 Å². The van der Waals surface area contributed by atoms with Gasteiger partial charge in [-0.15, -0.1) is 10.2 Å². The average Bonchev–Trinajstić information content (AvgIpc) is 3.07. The van der Waals surface area contributed by atoms with Crippen molar-refractivity contribution in [2.75, 3.05) is 5.32 Å². The third-order valence-corrected chi connectivity index (χ3v) is 4.72. The molecule has 2 atom stereocenters. The topological polar surface area (TPSA) is 97.1 Å². The van der Waals surface area contributed by atoms with Crippen LogP contribution >= 0.6 is 0 Å². The zero-order chi connectivity index (χ0) is 19.1. The van der Waals surface area contributed by atoms with Gasteiger partial charge < -0.3 is 15.0 Å². The number of benzene rings is 2. The number of aromatic nitrogens is 3. The molecule has 1 aromatic heterocycles. The van der Waals surface area contributed by atoms with E-state index in [1.807, 2.05) is 0 Å². The Morgan fingerprint density at radius 3 is 2.59 bits per heavy atom. The molecule has 136 valence electrons. The number of carboxylic acid groups (broad SMARTS) is 1. The van der Waals surface area contributed by atoms with Crippen molar-refractivity contribution in [3.63, 3.8) is 0 Å². The lowest BCUT2D eigenvalue weighted by atomic mass is 9.80. The third-order valence-electron chi connectivity index (χ3n) is 4.72. The van der Waals surface area contributed by atoms with Crippen LogP contribution < -0.4 is 5.32 Å². The minimum atomic E-state index is -1.18. The van der Waals surface area contributed by atoms with Crippen molar-refractivity contribution in [1.29, 1.82) is 0 Å². The number of rotatable bonds is 3. The van der Waals surface area contributed by atoms with E-state index in [1.165, 1.54) is 24.5 Å². The van der Waals surface area contributed by atoms with Crippen LogP contribution in [0.5, 0.6) is 0 Å². The van der Waals surface area contributed by atoms with E-state index in [4.69, 9.17) is 0 Å². The number of fused-ring (bicyclic) bond motifs is 1. The van der Waals surface area contributed by atoms with E-state index in [0.29, 0.717) is 17.1 Å². The van der Waals surface area contributed by atoms with Gasteiger partial charge in [0.05, 0.1) is 17.2 Å². The van der Waals surface area contributed by atoms with Gasteiger partial charge in [-0.2, -0.15) is 0 Å². The van der Waals surface area contributed by atoms with Crippen molar-refractivity contribution in [3.05, 3.63) is 77.1 Å². The molecule has 4 rings (SSSR count). The number of halogens is 1. The van der Waals surface area contributed by atoms with E-state index >= 15 is 0 Å². The predicted molar refractivity (Wildman–Crippen MR) is 94.2 cm³/mol. The van der Waals surface area contributed by atoms with Crippen molar-refractivity contribution in [2.24, 2.45) is 7.05 Å². The highest BCUT2D eigenvalue weighted by Gasteiger charge is 2.41. The van der Waals surface area contributed by atoms with Crippen LogP contribution in [0, 0.1) is 5.82 Å². The Morgan fingerprint density at radius 2 is 1.96 bits per heavy atom. The van der Waals surface area contributed by atoms with Gasteiger partial charge in [-0.3, -0.25) is 4.79 Å². The number of hydrogen-bond acceptors (Lipinski definition) is 5. The molecule has 3 aromatic rings. The summed E-state index contributed by atoms with van der Waals surface area (Å²) in [6, 6.07) is 9.91. The molecule has 0 spiro atoms. The largest absolute Gasteiger partial charge is 0.478 e. The van der Waals surface area contributed by atoms with Gasteiger partial charge in [0, 0.05) is 12.7 Å². The maximum absolute atomic E-state index is 13.4. The second-order valence-electron chi connectivity index (χ2n) is 6.35. The van der Waals surface area contributed by atoms with Crippen LogP contribution in [0.2, 0.25) is 0 Å². The molecule has 0 fully saturated rings. The summed E-state index contributed by atoms with van der Waals surface area (Å²) in [5.41, 5.74) is 1.14. The Labute approximate surface area is 153 Å². The minimum Gasteiger partial charge on any atom is -0.478 e. The number of aromatic carboxylic acids is 1. The number of nitrogens with zero attached hydrogens (tertiary/aromatic N) is 3. The summed E-state index contributed by atoms with van der Waals surface area (Å²) in [5.74, 6) is -2.35. The Bertz CT molecular complexity index is 1050. The highest BCUT2D eigenvalue weighted by atomic mass is 19.1. The van der Waals surface area contributed by atoms with Crippen molar-refractivity contribution in [2.45, 2.75) is 12.0 Å². The quantitative estimate of drug-likeness (QED) is 0.740. The zero-order valence-electron chi connectivity index (χ0n) is 14.3. The van der Waals surface area contributed by atoms with Crippen LogP contribution in [0.4, 0.5) is 10.1 Å². The summed E-state index contributed by atoms with van der Waals surface area (Å²) < 4.78 is 15.0. The van der Waals surface area contributed by atoms with Gasteiger partial charge in [-0.1, -0.05) is 18.2 Å². The molecule has 0 aliphatic carbocycles. The molecule has 0 saturated heterocycles. The number of aryl methyl sites for hydroxylation is 1. The Kier molecular flexibility index (Phi) is 3.95. The fraction of sp³-hybridized carbons (Fsp3) is 0.158. The molecule has 2 aromatic carbocycles. The molecule has 0 radical (unpaired) electrons. The highest BCUT2D eigenvalue weighted by Crippen LogP contribution is 2.42. The number of carbonyl (C=O) groups excluding carboxylic acids is 1. The molecule has 1 aliphatic heterocycles. The van der Waals surface area contributed by atoms with Gasteiger partial charge in [0.1, 0.15) is 23.9 Å². The number of ketones is 1. The van der Waals surface area contributed by atoms with E-state index in [-0.39, 0.29) is 22.7 Å². The lowest BCUT2D eigenvalue weighted by Gasteiger charge is -2.33. The summed E-state index contributed by atoms with van der Waals surface area (Å²) in [5, 5.41) is 20.6. The Balaban J connectivity index is 1.92. The lowest BCUT2D eigenvalue weighted by molar-refractivity contribution is 0.0690. The van der Waals surface area contributed by atoms with Crippen LogP contribution in [0.15, 0.2) is 48.8 Å². The molecule has 7 nitrogen and oxygen atoms in total. The smallest absolute Gasteiger partial charge is 0.336 e. The van der Waals surface area contributed by atoms with Crippen molar-refractivity contribution >= 4 is 17.4 Å². The first kappa shape index (κ1) is 16.9. The molecule has 0 bridgehead atoms. The van der Waals surface area contributed by atoms with Gasteiger partial charge in [0.2, 0.25) is 0 Å². The molecule has 0 saturated carbocycles. The highest BCUT2D eigenvalue weighted by molar-refractivity contribution is 6.14. The number of Topliss-reactive ketones (excluding diaryl/α,β-unsaturated/α-hetero) is 1. The fourth-order valence-corrected chi connectivity index (χ4v) is 3.46.